The summed E-state index contributed by atoms with van der Waals surface area (Å²) in [5, 5.41) is 11.3. The maximum absolute atomic E-state index is 2.44. The lowest BCUT2D eigenvalue weighted by molar-refractivity contribution is 1.13. The third-order valence-electron chi connectivity index (χ3n) is 13.8. The molecule has 1 nitrogen and oxygen atoms in total. The van der Waals surface area contributed by atoms with Gasteiger partial charge < -0.3 is 4.57 Å². The average Bonchev–Trinajstić information content (AvgIpc) is 3.80. The SMILES string of the molecule is c1ccc(-c2ccc(-c3cc(-c4ccc(-c5ccccc5)cc4)cc(-n4cc(-c5cc6ccccc6c6ccccc56)c5cc(-c6cc7ccccc7c7ccccc67)ccc54)c3)cc2)cc1. The third-order valence-corrected chi connectivity index (χ3v) is 13.8. The van der Waals surface area contributed by atoms with Crippen LogP contribution in [0.15, 0.2) is 261 Å². The second-order valence-corrected chi connectivity index (χ2v) is 17.7. The highest BCUT2D eigenvalue weighted by Gasteiger charge is 2.19. The second kappa shape index (κ2) is 16.0. The van der Waals surface area contributed by atoms with Crippen LogP contribution in [0.25, 0.3) is 126 Å². The number of rotatable bonds is 7. The molecule has 0 aliphatic carbocycles. The molecule has 1 heteroatoms. The molecule has 0 saturated carbocycles. The first-order valence-electron chi connectivity index (χ1n) is 23.1. The Balaban J connectivity index is 1.05. The Morgan fingerprint density at radius 2 is 0.597 bits per heavy atom. The zero-order chi connectivity index (χ0) is 44.3. The molecule has 1 aromatic heterocycles. The van der Waals surface area contributed by atoms with Gasteiger partial charge in [0.15, 0.2) is 0 Å². The number of benzene rings is 12. The van der Waals surface area contributed by atoms with Crippen molar-refractivity contribution in [3.8, 4) is 72.4 Å². The van der Waals surface area contributed by atoms with Gasteiger partial charge in [0.05, 0.1) is 5.52 Å². The van der Waals surface area contributed by atoms with Gasteiger partial charge in [-0.05, 0) is 147 Å². The highest BCUT2D eigenvalue weighted by Crippen LogP contribution is 2.44. The van der Waals surface area contributed by atoms with Gasteiger partial charge in [-0.2, -0.15) is 0 Å². The van der Waals surface area contributed by atoms with Gasteiger partial charge in [-0.15, -0.1) is 0 Å². The van der Waals surface area contributed by atoms with E-state index in [1.54, 1.807) is 0 Å². The standard InChI is InChI=1S/C66H43N/c1-3-15-44(16-4-1)46-27-31-48(32-28-46)53-37-54(49-33-29-47(30-34-49)45-17-5-2-6-18-45)39-55(38-53)67-43-65(63-41-51-20-8-10-22-57(51)59-24-12-14-26-61(59)63)64-42-52(35-36-66(64)67)62-40-50-19-7-9-21-56(50)58-23-11-13-25-60(58)62/h1-43H. The van der Waals surface area contributed by atoms with Gasteiger partial charge in [0.2, 0.25) is 0 Å². The fourth-order valence-corrected chi connectivity index (χ4v) is 10.5. The Morgan fingerprint density at radius 1 is 0.209 bits per heavy atom. The third kappa shape index (κ3) is 6.80. The minimum Gasteiger partial charge on any atom is -0.316 e. The molecule has 0 N–H and O–H groups in total. The zero-order valence-corrected chi connectivity index (χ0v) is 36.8. The summed E-state index contributed by atoms with van der Waals surface area (Å²) >= 11 is 0. The van der Waals surface area contributed by atoms with Crippen molar-refractivity contribution in [2.75, 3.05) is 0 Å². The molecular weight excluding hydrogens is 807 g/mol. The first kappa shape index (κ1) is 38.7. The summed E-state index contributed by atoms with van der Waals surface area (Å²) in [5.74, 6) is 0. The molecule has 0 spiro atoms. The van der Waals surface area contributed by atoms with E-state index in [2.05, 4.69) is 266 Å². The molecule has 0 saturated heterocycles. The van der Waals surface area contributed by atoms with Crippen LogP contribution in [0.1, 0.15) is 0 Å². The monoisotopic (exact) mass is 849 g/mol. The molecule has 0 radical (unpaired) electrons. The Kier molecular flexibility index (Phi) is 9.25. The molecule has 0 aliphatic heterocycles. The Bertz CT molecular complexity index is 3890. The topological polar surface area (TPSA) is 4.93 Å². The van der Waals surface area contributed by atoms with Gasteiger partial charge >= 0.3 is 0 Å². The van der Waals surface area contributed by atoms with E-state index in [0.29, 0.717) is 0 Å². The predicted octanol–water partition coefficient (Wildman–Crippen LogP) is 18.2. The van der Waals surface area contributed by atoms with E-state index >= 15 is 0 Å². The fraction of sp³-hybridized carbons (Fsp3) is 0. The van der Waals surface area contributed by atoms with Crippen molar-refractivity contribution < 1.29 is 0 Å². The number of hydrogen-bond donors (Lipinski definition) is 0. The van der Waals surface area contributed by atoms with Crippen LogP contribution in [-0.4, -0.2) is 4.57 Å². The van der Waals surface area contributed by atoms with E-state index in [0.717, 1.165) is 22.3 Å². The molecule has 0 atom stereocenters. The molecule has 0 aliphatic rings. The van der Waals surface area contributed by atoms with Gasteiger partial charge in [-0.25, -0.2) is 0 Å². The second-order valence-electron chi connectivity index (χ2n) is 17.7. The van der Waals surface area contributed by atoms with Crippen LogP contribution in [0, 0.1) is 0 Å². The van der Waals surface area contributed by atoms with E-state index in [9.17, 15) is 0 Å². The first-order valence-corrected chi connectivity index (χ1v) is 23.1. The molecule has 13 aromatic rings. The molecule has 13 rings (SSSR count). The van der Waals surface area contributed by atoms with Crippen molar-refractivity contribution in [1.82, 2.24) is 4.57 Å². The Hall–Kier alpha value is -8.78. The molecule has 0 unspecified atom stereocenters. The van der Waals surface area contributed by atoms with Crippen molar-refractivity contribution in [2.24, 2.45) is 0 Å². The van der Waals surface area contributed by atoms with Crippen LogP contribution >= 0.6 is 0 Å². The molecular formula is C66H43N. The van der Waals surface area contributed by atoms with Crippen molar-refractivity contribution in [3.63, 3.8) is 0 Å². The minimum absolute atomic E-state index is 1.11. The summed E-state index contributed by atoms with van der Waals surface area (Å²) in [7, 11) is 0. The van der Waals surface area contributed by atoms with Crippen LogP contribution in [0.2, 0.25) is 0 Å². The van der Waals surface area contributed by atoms with Crippen LogP contribution < -0.4 is 0 Å². The largest absolute Gasteiger partial charge is 0.316 e. The van der Waals surface area contributed by atoms with Crippen LogP contribution in [-0.2, 0) is 0 Å². The lowest BCUT2D eigenvalue weighted by Crippen LogP contribution is -1.95. The summed E-state index contributed by atoms with van der Waals surface area (Å²) in [5.41, 5.74) is 16.6. The quantitative estimate of drug-likeness (QED) is 0.141. The maximum atomic E-state index is 2.44. The van der Waals surface area contributed by atoms with Crippen LogP contribution in [0.4, 0.5) is 0 Å². The molecule has 0 amide bonds. The summed E-state index contributed by atoms with van der Waals surface area (Å²) in [6, 6.07) is 93.6. The van der Waals surface area contributed by atoms with Gasteiger partial charge in [0, 0.05) is 22.8 Å². The smallest absolute Gasteiger partial charge is 0.0535 e. The van der Waals surface area contributed by atoms with Crippen molar-refractivity contribution >= 4 is 54.0 Å². The molecule has 312 valence electrons. The van der Waals surface area contributed by atoms with Gasteiger partial charge in [0.1, 0.15) is 0 Å². The number of fused-ring (bicyclic) bond motifs is 7. The zero-order valence-electron chi connectivity index (χ0n) is 36.8. The summed E-state index contributed by atoms with van der Waals surface area (Å²) in [6.45, 7) is 0. The van der Waals surface area contributed by atoms with E-state index in [1.165, 1.54) is 104 Å². The highest BCUT2D eigenvalue weighted by atomic mass is 15.0. The lowest BCUT2D eigenvalue weighted by atomic mass is 9.91. The average molecular weight is 850 g/mol. The van der Waals surface area contributed by atoms with Gasteiger partial charge in [-0.1, -0.05) is 212 Å². The lowest BCUT2D eigenvalue weighted by Gasteiger charge is -2.14. The summed E-state index contributed by atoms with van der Waals surface area (Å²) in [6.07, 6.45) is 2.39. The summed E-state index contributed by atoms with van der Waals surface area (Å²) in [4.78, 5) is 0. The van der Waals surface area contributed by atoms with Crippen LogP contribution in [0.3, 0.4) is 0 Å². The number of hydrogen-bond acceptors (Lipinski definition) is 0. The number of nitrogens with zero attached hydrogens (tertiary/aromatic N) is 1. The molecule has 67 heavy (non-hydrogen) atoms. The van der Waals surface area contributed by atoms with Crippen molar-refractivity contribution in [3.05, 3.63) is 261 Å². The molecule has 0 bridgehead atoms. The van der Waals surface area contributed by atoms with Gasteiger partial charge in [-0.3, -0.25) is 0 Å². The highest BCUT2D eigenvalue weighted by molar-refractivity contribution is 6.18. The molecule has 1 heterocycles. The van der Waals surface area contributed by atoms with E-state index in [1.807, 2.05) is 0 Å². The Morgan fingerprint density at radius 3 is 1.12 bits per heavy atom. The molecule has 0 fully saturated rings. The predicted molar refractivity (Wildman–Crippen MR) is 286 cm³/mol. The number of aromatic nitrogens is 1. The van der Waals surface area contributed by atoms with Crippen molar-refractivity contribution in [1.29, 1.82) is 0 Å². The summed E-state index contributed by atoms with van der Waals surface area (Å²) < 4.78 is 2.43. The first-order chi connectivity index (χ1) is 33.2. The fourth-order valence-electron chi connectivity index (χ4n) is 10.5. The maximum Gasteiger partial charge on any atom is 0.0535 e. The van der Waals surface area contributed by atoms with E-state index < -0.39 is 0 Å². The van der Waals surface area contributed by atoms with Crippen LogP contribution in [0.5, 0.6) is 0 Å². The minimum atomic E-state index is 1.11. The van der Waals surface area contributed by atoms with Gasteiger partial charge in [0.25, 0.3) is 0 Å². The van der Waals surface area contributed by atoms with E-state index in [-0.39, 0.29) is 0 Å². The molecule has 12 aromatic carbocycles. The normalized spacial score (nSPS) is 11.6. The van der Waals surface area contributed by atoms with Crippen molar-refractivity contribution in [2.45, 2.75) is 0 Å². The van der Waals surface area contributed by atoms with E-state index in [4.69, 9.17) is 0 Å². The Labute approximate surface area is 390 Å².